The SMILES string of the molecule is Cc1ccccc1[C@@H]1C[C@H]2CN(CCc3ccccc3)C(=O)[C@]23CCCN13. The molecule has 3 heterocycles. The number of amides is 1. The van der Waals surface area contributed by atoms with Gasteiger partial charge in [0.15, 0.2) is 0 Å². The zero-order valence-electron chi connectivity index (χ0n) is 16.1. The van der Waals surface area contributed by atoms with E-state index in [0.29, 0.717) is 17.9 Å². The maximum atomic E-state index is 13.6. The minimum atomic E-state index is -0.219. The fourth-order valence-electron chi connectivity index (χ4n) is 5.94. The molecule has 3 aliphatic heterocycles. The van der Waals surface area contributed by atoms with Gasteiger partial charge in [-0.2, -0.15) is 0 Å². The molecule has 1 amide bonds. The summed E-state index contributed by atoms with van der Waals surface area (Å²) in [6, 6.07) is 19.7. The summed E-state index contributed by atoms with van der Waals surface area (Å²) in [6.45, 7) is 5.06. The summed E-state index contributed by atoms with van der Waals surface area (Å²) in [5.74, 6) is 0.880. The molecule has 0 bridgehead atoms. The Bertz CT molecular complexity index is 848. The van der Waals surface area contributed by atoms with Gasteiger partial charge in [0.05, 0.1) is 0 Å². The smallest absolute Gasteiger partial charge is 0.243 e. The number of carbonyl (C=O) groups is 1. The van der Waals surface area contributed by atoms with Gasteiger partial charge in [-0.1, -0.05) is 54.6 Å². The Morgan fingerprint density at radius 3 is 2.67 bits per heavy atom. The number of carbonyl (C=O) groups excluding carboxylic acids is 1. The third kappa shape index (κ3) is 2.55. The van der Waals surface area contributed by atoms with E-state index in [1.807, 2.05) is 0 Å². The van der Waals surface area contributed by atoms with Gasteiger partial charge in [-0.25, -0.2) is 0 Å². The Morgan fingerprint density at radius 1 is 1.07 bits per heavy atom. The zero-order chi connectivity index (χ0) is 18.4. The fourth-order valence-corrected chi connectivity index (χ4v) is 5.94. The summed E-state index contributed by atoms with van der Waals surface area (Å²) < 4.78 is 0. The van der Waals surface area contributed by atoms with Crippen LogP contribution in [0.2, 0.25) is 0 Å². The molecule has 140 valence electrons. The third-order valence-electron chi connectivity index (χ3n) is 7.19. The van der Waals surface area contributed by atoms with Crippen molar-refractivity contribution >= 4 is 5.91 Å². The lowest BCUT2D eigenvalue weighted by molar-refractivity contribution is -0.136. The third-order valence-corrected chi connectivity index (χ3v) is 7.19. The van der Waals surface area contributed by atoms with Crippen LogP contribution >= 0.6 is 0 Å². The van der Waals surface area contributed by atoms with E-state index in [2.05, 4.69) is 71.3 Å². The van der Waals surface area contributed by atoms with Crippen LogP contribution in [0.1, 0.15) is 42.0 Å². The normalized spacial score (nSPS) is 30.0. The molecule has 0 aromatic heterocycles. The van der Waals surface area contributed by atoms with Crippen LogP contribution in [-0.2, 0) is 11.2 Å². The summed E-state index contributed by atoms with van der Waals surface area (Å²) in [7, 11) is 0. The Hall–Kier alpha value is -2.13. The van der Waals surface area contributed by atoms with Gasteiger partial charge in [0.1, 0.15) is 5.54 Å². The van der Waals surface area contributed by atoms with Gasteiger partial charge >= 0.3 is 0 Å². The Kier molecular flexibility index (Phi) is 4.08. The first kappa shape index (κ1) is 17.0. The van der Waals surface area contributed by atoms with E-state index in [1.165, 1.54) is 16.7 Å². The summed E-state index contributed by atoms with van der Waals surface area (Å²) in [4.78, 5) is 18.3. The topological polar surface area (TPSA) is 23.6 Å². The molecule has 0 N–H and O–H groups in total. The predicted molar refractivity (Wildman–Crippen MR) is 107 cm³/mol. The van der Waals surface area contributed by atoms with Gasteiger partial charge in [-0.05, 0) is 55.8 Å². The van der Waals surface area contributed by atoms with Crippen molar-refractivity contribution in [2.24, 2.45) is 5.92 Å². The highest BCUT2D eigenvalue weighted by atomic mass is 16.2. The fraction of sp³-hybridized carbons (Fsp3) is 0.458. The largest absolute Gasteiger partial charge is 0.340 e. The van der Waals surface area contributed by atoms with Crippen LogP contribution in [0.25, 0.3) is 0 Å². The van der Waals surface area contributed by atoms with Crippen molar-refractivity contribution in [1.82, 2.24) is 9.80 Å². The first-order chi connectivity index (χ1) is 13.2. The average Bonchev–Trinajstić information content (AvgIpc) is 3.32. The summed E-state index contributed by atoms with van der Waals surface area (Å²) in [6.07, 6.45) is 4.27. The molecule has 3 nitrogen and oxygen atoms in total. The van der Waals surface area contributed by atoms with E-state index in [0.717, 1.165) is 45.3 Å². The Balaban J connectivity index is 1.38. The van der Waals surface area contributed by atoms with E-state index in [-0.39, 0.29) is 5.54 Å². The molecule has 1 spiro atoms. The highest BCUT2D eigenvalue weighted by Crippen LogP contribution is 2.56. The molecule has 27 heavy (non-hydrogen) atoms. The van der Waals surface area contributed by atoms with E-state index >= 15 is 0 Å². The lowest BCUT2D eigenvalue weighted by Gasteiger charge is -2.34. The zero-order valence-corrected chi connectivity index (χ0v) is 16.1. The second-order valence-corrected chi connectivity index (χ2v) is 8.51. The van der Waals surface area contributed by atoms with Crippen molar-refractivity contribution in [3.8, 4) is 0 Å². The second kappa shape index (κ2) is 6.49. The molecular weight excluding hydrogens is 332 g/mol. The molecule has 3 heteroatoms. The predicted octanol–water partition coefficient (Wildman–Crippen LogP) is 3.98. The molecule has 3 atom stereocenters. The van der Waals surface area contributed by atoms with Gasteiger partial charge in [0.25, 0.3) is 0 Å². The van der Waals surface area contributed by atoms with Crippen LogP contribution in [-0.4, -0.2) is 40.9 Å². The lowest BCUT2D eigenvalue weighted by atomic mass is 9.85. The van der Waals surface area contributed by atoms with E-state index < -0.39 is 0 Å². The van der Waals surface area contributed by atoms with E-state index in [9.17, 15) is 4.79 Å². The molecule has 0 unspecified atom stereocenters. The quantitative estimate of drug-likeness (QED) is 0.823. The summed E-state index contributed by atoms with van der Waals surface area (Å²) >= 11 is 0. The van der Waals surface area contributed by atoms with Crippen molar-refractivity contribution in [3.05, 3.63) is 71.3 Å². The Morgan fingerprint density at radius 2 is 1.85 bits per heavy atom. The van der Waals surface area contributed by atoms with Crippen molar-refractivity contribution in [2.45, 2.75) is 44.2 Å². The molecule has 2 aromatic carbocycles. The van der Waals surface area contributed by atoms with Crippen LogP contribution in [0.4, 0.5) is 0 Å². The minimum Gasteiger partial charge on any atom is -0.340 e. The highest BCUT2D eigenvalue weighted by molar-refractivity contribution is 5.90. The molecule has 5 rings (SSSR count). The maximum Gasteiger partial charge on any atom is 0.243 e. The number of nitrogens with zero attached hydrogens (tertiary/aromatic N) is 2. The van der Waals surface area contributed by atoms with Crippen LogP contribution in [0.5, 0.6) is 0 Å². The lowest BCUT2D eigenvalue weighted by Crippen LogP contribution is -2.50. The summed E-state index contributed by atoms with van der Waals surface area (Å²) in [5, 5.41) is 0. The van der Waals surface area contributed by atoms with Gasteiger partial charge < -0.3 is 4.90 Å². The van der Waals surface area contributed by atoms with Crippen molar-refractivity contribution in [2.75, 3.05) is 19.6 Å². The highest BCUT2D eigenvalue weighted by Gasteiger charge is 2.65. The first-order valence-corrected chi connectivity index (χ1v) is 10.4. The number of hydrogen-bond donors (Lipinski definition) is 0. The molecule has 3 saturated heterocycles. The number of benzene rings is 2. The van der Waals surface area contributed by atoms with Gasteiger partial charge in [0, 0.05) is 25.0 Å². The molecule has 3 aliphatic rings. The minimum absolute atomic E-state index is 0.219. The van der Waals surface area contributed by atoms with Gasteiger partial charge in [-0.15, -0.1) is 0 Å². The maximum absolute atomic E-state index is 13.6. The van der Waals surface area contributed by atoms with Gasteiger partial charge in [0.2, 0.25) is 5.91 Å². The first-order valence-electron chi connectivity index (χ1n) is 10.4. The number of likely N-dealkylation sites (tertiary alicyclic amines) is 1. The molecule has 3 fully saturated rings. The summed E-state index contributed by atoms with van der Waals surface area (Å²) in [5.41, 5.74) is 3.89. The second-order valence-electron chi connectivity index (χ2n) is 8.51. The Labute approximate surface area is 162 Å². The standard InChI is InChI=1S/C24H28N2O/c1-18-8-5-6-11-21(18)22-16-20-17-25(15-12-19-9-3-2-4-10-19)23(27)24(20)13-7-14-26(22)24/h2-6,8-11,20,22H,7,12-17H2,1H3/t20-,22-,24-/m0/s1. The average molecular weight is 361 g/mol. The van der Waals surface area contributed by atoms with Crippen LogP contribution in [0.3, 0.4) is 0 Å². The van der Waals surface area contributed by atoms with Crippen LogP contribution in [0, 0.1) is 12.8 Å². The van der Waals surface area contributed by atoms with Crippen LogP contribution < -0.4 is 0 Å². The monoisotopic (exact) mass is 360 g/mol. The van der Waals surface area contributed by atoms with E-state index in [1.54, 1.807) is 0 Å². The number of rotatable bonds is 4. The van der Waals surface area contributed by atoms with Gasteiger partial charge in [-0.3, -0.25) is 9.69 Å². The molecular formula is C24H28N2O. The van der Waals surface area contributed by atoms with Crippen molar-refractivity contribution < 1.29 is 4.79 Å². The molecule has 0 radical (unpaired) electrons. The number of aryl methyl sites for hydroxylation is 1. The van der Waals surface area contributed by atoms with Crippen molar-refractivity contribution in [1.29, 1.82) is 0 Å². The molecule has 0 aliphatic carbocycles. The van der Waals surface area contributed by atoms with Crippen LogP contribution in [0.15, 0.2) is 54.6 Å². The van der Waals surface area contributed by atoms with Crippen molar-refractivity contribution in [3.63, 3.8) is 0 Å². The number of hydrogen-bond acceptors (Lipinski definition) is 2. The molecule has 0 saturated carbocycles. The molecule has 2 aromatic rings. The van der Waals surface area contributed by atoms with E-state index in [4.69, 9.17) is 0 Å².